The van der Waals surface area contributed by atoms with Gasteiger partial charge in [0, 0.05) is 19.0 Å². The molecule has 2 aromatic carbocycles. The largest absolute Gasteiger partial charge is 0.349 e. The van der Waals surface area contributed by atoms with Gasteiger partial charge in [-0.25, -0.2) is 12.7 Å². The standard InChI is InChI=1S/C25H32N2O3S/c1-19(23-12-11-21-9-5-6-10-24(21)17-23)26-25(28)22-13-15-27(16-14-22)31(29,30)18-20-7-3-2-4-8-20/h2-4,7-8,11-12,17,19,22H,5-6,9-10,13-16,18H2,1H3,(H,26,28)/t19-/m0/s1. The summed E-state index contributed by atoms with van der Waals surface area (Å²) in [5.74, 6) is -0.0892. The Hall–Kier alpha value is -2.18. The number of benzene rings is 2. The molecule has 1 atom stereocenters. The van der Waals surface area contributed by atoms with Crippen LogP contribution in [0.3, 0.4) is 0 Å². The van der Waals surface area contributed by atoms with Crippen LogP contribution in [-0.4, -0.2) is 31.7 Å². The number of carbonyl (C=O) groups is 1. The van der Waals surface area contributed by atoms with Crippen molar-refractivity contribution in [1.29, 1.82) is 0 Å². The zero-order valence-electron chi connectivity index (χ0n) is 18.2. The van der Waals surface area contributed by atoms with E-state index in [0.717, 1.165) is 24.0 Å². The molecule has 0 saturated carbocycles. The van der Waals surface area contributed by atoms with Crippen molar-refractivity contribution in [3.8, 4) is 0 Å². The van der Waals surface area contributed by atoms with Crippen LogP contribution < -0.4 is 5.32 Å². The molecule has 5 nitrogen and oxygen atoms in total. The molecular weight excluding hydrogens is 408 g/mol. The lowest BCUT2D eigenvalue weighted by Crippen LogP contribution is -2.43. The molecule has 1 N–H and O–H groups in total. The van der Waals surface area contributed by atoms with E-state index >= 15 is 0 Å². The van der Waals surface area contributed by atoms with Crippen molar-refractivity contribution in [1.82, 2.24) is 9.62 Å². The highest BCUT2D eigenvalue weighted by molar-refractivity contribution is 7.88. The highest BCUT2D eigenvalue weighted by Crippen LogP contribution is 2.26. The van der Waals surface area contributed by atoms with E-state index in [1.807, 2.05) is 37.3 Å². The third-order valence-corrected chi connectivity index (χ3v) is 8.49. The van der Waals surface area contributed by atoms with Crippen LogP contribution in [0.4, 0.5) is 0 Å². The summed E-state index contributed by atoms with van der Waals surface area (Å²) >= 11 is 0. The number of aryl methyl sites for hydroxylation is 2. The number of hydrogen-bond acceptors (Lipinski definition) is 3. The fraction of sp³-hybridized carbons (Fsp3) is 0.480. The molecule has 1 fully saturated rings. The van der Waals surface area contributed by atoms with E-state index < -0.39 is 10.0 Å². The molecule has 166 valence electrons. The van der Waals surface area contributed by atoms with Crippen molar-refractivity contribution in [3.05, 3.63) is 70.8 Å². The van der Waals surface area contributed by atoms with Gasteiger partial charge >= 0.3 is 0 Å². The SMILES string of the molecule is C[C@H](NC(=O)C1CCN(S(=O)(=O)Cc2ccccc2)CC1)c1ccc2c(c1)CCCC2. The van der Waals surface area contributed by atoms with E-state index in [-0.39, 0.29) is 23.6 Å². The molecule has 6 heteroatoms. The first-order valence-corrected chi connectivity index (χ1v) is 13.0. The van der Waals surface area contributed by atoms with Crippen LogP contribution in [0.25, 0.3) is 0 Å². The zero-order chi connectivity index (χ0) is 21.8. The third kappa shape index (κ3) is 5.36. The Bertz CT molecular complexity index is 1010. The van der Waals surface area contributed by atoms with Crippen molar-refractivity contribution in [2.45, 2.75) is 57.2 Å². The summed E-state index contributed by atoms with van der Waals surface area (Å²) in [5, 5.41) is 3.16. The molecule has 1 amide bonds. The summed E-state index contributed by atoms with van der Waals surface area (Å²) in [6.07, 6.45) is 5.91. The summed E-state index contributed by atoms with van der Waals surface area (Å²) in [5.41, 5.74) is 4.80. The fourth-order valence-corrected chi connectivity index (χ4v) is 6.27. The van der Waals surface area contributed by atoms with Gasteiger partial charge in [-0.3, -0.25) is 4.79 Å². The first-order chi connectivity index (χ1) is 14.9. The summed E-state index contributed by atoms with van der Waals surface area (Å²) < 4.78 is 27.0. The van der Waals surface area contributed by atoms with E-state index in [4.69, 9.17) is 0 Å². The van der Waals surface area contributed by atoms with Gasteiger partial charge in [-0.1, -0.05) is 48.5 Å². The van der Waals surface area contributed by atoms with Gasteiger partial charge in [0.2, 0.25) is 15.9 Å². The van der Waals surface area contributed by atoms with E-state index in [2.05, 4.69) is 23.5 Å². The maximum absolute atomic E-state index is 12.8. The first-order valence-electron chi connectivity index (χ1n) is 11.4. The molecule has 1 aliphatic carbocycles. The van der Waals surface area contributed by atoms with Crippen LogP contribution in [0.15, 0.2) is 48.5 Å². The Balaban J connectivity index is 1.31. The Morgan fingerprint density at radius 3 is 2.42 bits per heavy atom. The number of carbonyl (C=O) groups excluding carboxylic acids is 1. The highest BCUT2D eigenvalue weighted by Gasteiger charge is 2.31. The van der Waals surface area contributed by atoms with E-state index in [9.17, 15) is 13.2 Å². The van der Waals surface area contributed by atoms with Crippen LogP contribution >= 0.6 is 0 Å². The number of fused-ring (bicyclic) bond motifs is 1. The third-order valence-electron chi connectivity index (χ3n) is 6.64. The maximum atomic E-state index is 12.8. The minimum absolute atomic E-state index is 0.0140. The van der Waals surface area contributed by atoms with Crippen molar-refractivity contribution >= 4 is 15.9 Å². The van der Waals surface area contributed by atoms with Gasteiger partial charge in [0.05, 0.1) is 11.8 Å². The van der Waals surface area contributed by atoms with Crippen LogP contribution in [0.5, 0.6) is 0 Å². The van der Waals surface area contributed by atoms with Crippen molar-refractivity contribution < 1.29 is 13.2 Å². The van der Waals surface area contributed by atoms with E-state index in [0.29, 0.717) is 25.9 Å². The van der Waals surface area contributed by atoms with Crippen LogP contribution in [0.2, 0.25) is 0 Å². The number of hydrogen-bond donors (Lipinski definition) is 1. The second-order valence-corrected chi connectivity index (χ2v) is 10.8. The average Bonchev–Trinajstić information content (AvgIpc) is 2.79. The number of nitrogens with zero attached hydrogens (tertiary/aromatic N) is 1. The monoisotopic (exact) mass is 440 g/mol. The number of nitrogens with one attached hydrogen (secondary N) is 1. The average molecular weight is 441 g/mol. The molecule has 31 heavy (non-hydrogen) atoms. The smallest absolute Gasteiger partial charge is 0.223 e. The number of rotatable bonds is 6. The molecular formula is C25H32N2O3S. The molecule has 2 aromatic rings. The number of piperidine rings is 1. The molecule has 0 bridgehead atoms. The fourth-order valence-electron chi connectivity index (χ4n) is 4.71. The summed E-state index contributed by atoms with van der Waals surface area (Å²) in [6, 6.07) is 15.8. The van der Waals surface area contributed by atoms with Crippen molar-refractivity contribution in [2.75, 3.05) is 13.1 Å². The quantitative estimate of drug-likeness (QED) is 0.739. The molecule has 0 unspecified atom stereocenters. The zero-order valence-corrected chi connectivity index (χ0v) is 19.0. The number of sulfonamides is 1. The summed E-state index contributed by atoms with van der Waals surface area (Å²) in [6.45, 7) is 2.84. The Labute approximate surface area is 185 Å². The molecule has 2 aliphatic rings. The normalized spacial score (nSPS) is 18.9. The van der Waals surface area contributed by atoms with E-state index in [1.165, 1.54) is 28.3 Å². The van der Waals surface area contributed by atoms with Gasteiger partial charge in [0.15, 0.2) is 0 Å². The predicted molar refractivity (Wildman–Crippen MR) is 123 cm³/mol. The summed E-state index contributed by atoms with van der Waals surface area (Å²) in [4.78, 5) is 12.8. The maximum Gasteiger partial charge on any atom is 0.223 e. The second kappa shape index (κ2) is 9.53. The Kier molecular flexibility index (Phi) is 6.77. The minimum Gasteiger partial charge on any atom is -0.349 e. The van der Waals surface area contributed by atoms with Crippen molar-refractivity contribution in [3.63, 3.8) is 0 Å². The molecule has 0 radical (unpaired) electrons. The molecule has 1 saturated heterocycles. The number of amides is 1. The van der Waals surface area contributed by atoms with E-state index in [1.54, 1.807) is 0 Å². The molecule has 1 heterocycles. The topological polar surface area (TPSA) is 66.5 Å². The van der Waals surface area contributed by atoms with Gasteiger partial charge in [0.1, 0.15) is 0 Å². The van der Waals surface area contributed by atoms with Gasteiger partial charge in [-0.2, -0.15) is 0 Å². The van der Waals surface area contributed by atoms with Gasteiger partial charge in [0.25, 0.3) is 0 Å². The lowest BCUT2D eigenvalue weighted by molar-refractivity contribution is -0.126. The van der Waals surface area contributed by atoms with Gasteiger partial charge in [-0.15, -0.1) is 0 Å². The second-order valence-electron chi connectivity index (χ2n) is 8.88. The van der Waals surface area contributed by atoms with Gasteiger partial charge < -0.3 is 5.32 Å². The molecule has 0 spiro atoms. The van der Waals surface area contributed by atoms with Crippen molar-refractivity contribution in [2.24, 2.45) is 5.92 Å². The van der Waals surface area contributed by atoms with Crippen LogP contribution in [0.1, 0.15) is 60.9 Å². The molecule has 0 aromatic heterocycles. The lowest BCUT2D eigenvalue weighted by atomic mass is 9.89. The highest BCUT2D eigenvalue weighted by atomic mass is 32.2. The predicted octanol–water partition coefficient (Wildman–Crippen LogP) is 3.98. The lowest BCUT2D eigenvalue weighted by Gasteiger charge is -2.31. The minimum atomic E-state index is -3.36. The van der Waals surface area contributed by atoms with Crippen LogP contribution in [0, 0.1) is 5.92 Å². The molecule has 4 rings (SSSR count). The Morgan fingerprint density at radius 1 is 1.03 bits per heavy atom. The van der Waals surface area contributed by atoms with Crippen LogP contribution in [-0.2, 0) is 33.4 Å². The Morgan fingerprint density at radius 2 is 1.71 bits per heavy atom. The van der Waals surface area contributed by atoms with Gasteiger partial charge in [-0.05, 0) is 67.7 Å². The summed E-state index contributed by atoms with van der Waals surface area (Å²) in [7, 11) is -3.36. The first kappa shape index (κ1) is 22.0. The molecule has 1 aliphatic heterocycles.